The Labute approximate surface area is 138 Å². The number of hydrogen-bond acceptors (Lipinski definition) is 7. The molecule has 23 heavy (non-hydrogen) atoms. The third kappa shape index (κ3) is 3.58. The van der Waals surface area contributed by atoms with E-state index in [0.29, 0.717) is 11.6 Å². The van der Waals surface area contributed by atoms with Crippen molar-refractivity contribution in [2.24, 2.45) is 0 Å². The molecule has 0 amide bonds. The van der Waals surface area contributed by atoms with Gasteiger partial charge in [0.15, 0.2) is 16.8 Å². The molecule has 7 nitrogen and oxygen atoms in total. The van der Waals surface area contributed by atoms with Gasteiger partial charge in [0.05, 0.1) is 5.75 Å². The molecule has 0 saturated heterocycles. The van der Waals surface area contributed by atoms with Crippen molar-refractivity contribution in [1.82, 2.24) is 29.9 Å². The fourth-order valence-electron chi connectivity index (χ4n) is 2.20. The highest BCUT2D eigenvalue weighted by Gasteiger charge is 2.14. The zero-order valence-electron chi connectivity index (χ0n) is 13.1. The van der Waals surface area contributed by atoms with Gasteiger partial charge in [0, 0.05) is 30.9 Å². The topological polar surface area (TPSA) is 82.5 Å². The van der Waals surface area contributed by atoms with Crippen LogP contribution in [-0.2, 0) is 18.7 Å². The lowest BCUT2D eigenvalue weighted by Crippen LogP contribution is -2.00. The van der Waals surface area contributed by atoms with Crippen LogP contribution in [0, 0.1) is 0 Å². The summed E-state index contributed by atoms with van der Waals surface area (Å²) in [4.78, 5) is 8.41. The molecule has 0 bridgehead atoms. The Morgan fingerprint density at radius 1 is 1.17 bits per heavy atom. The van der Waals surface area contributed by atoms with E-state index >= 15 is 0 Å². The van der Waals surface area contributed by atoms with Gasteiger partial charge in [-0.05, 0) is 25.5 Å². The van der Waals surface area contributed by atoms with Crippen LogP contribution in [0.2, 0.25) is 0 Å². The third-order valence-electron chi connectivity index (χ3n) is 3.28. The van der Waals surface area contributed by atoms with Crippen LogP contribution in [-0.4, -0.2) is 29.9 Å². The van der Waals surface area contributed by atoms with Crippen molar-refractivity contribution < 1.29 is 4.52 Å². The van der Waals surface area contributed by atoms with Gasteiger partial charge in [-0.25, -0.2) is 0 Å². The Morgan fingerprint density at radius 2 is 2.00 bits per heavy atom. The minimum atomic E-state index is 0.588. The average Bonchev–Trinajstić information content (AvgIpc) is 3.20. The fourth-order valence-corrected chi connectivity index (χ4v) is 3.04. The van der Waals surface area contributed by atoms with Gasteiger partial charge < -0.3 is 9.09 Å². The number of aromatic nitrogens is 6. The zero-order valence-corrected chi connectivity index (χ0v) is 14.0. The second-order valence-corrected chi connectivity index (χ2v) is 5.87. The molecular weight excluding hydrogens is 312 g/mol. The van der Waals surface area contributed by atoms with Crippen molar-refractivity contribution in [2.45, 2.75) is 44.1 Å². The molecule has 0 N–H and O–H groups in total. The molecule has 3 heterocycles. The summed E-state index contributed by atoms with van der Waals surface area (Å²) in [6, 6.07) is 3.86. The molecule has 120 valence electrons. The molecule has 0 unspecified atom stereocenters. The van der Waals surface area contributed by atoms with E-state index < -0.39 is 0 Å². The Hall–Kier alpha value is -2.22. The molecule has 0 aliphatic heterocycles. The predicted molar refractivity (Wildman–Crippen MR) is 86.8 cm³/mol. The molecule has 3 rings (SSSR count). The van der Waals surface area contributed by atoms with Crippen LogP contribution in [0.5, 0.6) is 0 Å². The first-order valence-corrected chi connectivity index (χ1v) is 8.58. The summed E-state index contributed by atoms with van der Waals surface area (Å²) in [6.07, 6.45) is 5.35. The third-order valence-corrected chi connectivity index (χ3v) is 4.23. The Bertz CT molecular complexity index is 754. The van der Waals surface area contributed by atoms with Crippen LogP contribution < -0.4 is 0 Å². The summed E-state index contributed by atoms with van der Waals surface area (Å²) in [5.74, 6) is 2.81. The zero-order chi connectivity index (χ0) is 16.1. The molecule has 0 radical (unpaired) electrons. The number of thioether (sulfide) groups is 1. The second kappa shape index (κ2) is 7.36. The summed E-state index contributed by atoms with van der Waals surface area (Å²) in [6.45, 7) is 4.96. The molecule has 0 aromatic carbocycles. The first kappa shape index (κ1) is 15.7. The van der Waals surface area contributed by atoms with E-state index in [4.69, 9.17) is 4.52 Å². The summed E-state index contributed by atoms with van der Waals surface area (Å²) in [7, 11) is 0. The van der Waals surface area contributed by atoms with Crippen LogP contribution in [0.15, 0.2) is 34.2 Å². The molecule has 3 aromatic rings. The van der Waals surface area contributed by atoms with Gasteiger partial charge >= 0.3 is 0 Å². The first-order chi connectivity index (χ1) is 11.3. The van der Waals surface area contributed by atoms with Gasteiger partial charge in [-0.3, -0.25) is 4.98 Å². The molecular formula is C15H18N6OS. The maximum Gasteiger partial charge on any atom is 0.237 e. The molecule has 0 saturated carbocycles. The van der Waals surface area contributed by atoms with E-state index in [1.807, 2.05) is 12.1 Å². The molecule has 0 fully saturated rings. The van der Waals surface area contributed by atoms with E-state index in [2.05, 4.69) is 43.7 Å². The Kier molecular flexibility index (Phi) is 5.02. The maximum atomic E-state index is 5.26. The van der Waals surface area contributed by atoms with Gasteiger partial charge in [0.2, 0.25) is 5.89 Å². The van der Waals surface area contributed by atoms with Crippen molar-refractivity contribution in [1.29, 1.82) is 0 Å². The largest absolute Gasteiger partial charge is 0.338 e. The lowest BCUT2D eigenvalue weighted by molar-refractivity contribution is 0.384. The normalized spacial score (nSPS) is 11.0. The molecule has 0 spiro atoms. The highest BCUT2D eigenvalue weighted by molar-refractivity contribution is 7.98. The van der Waals surface area contributed by atoms with Gasteiger partial charge in [0.25, 0.3) is 0 Å². The lowest BCUT2D eigenvalue weighted by Gasteiger charge is -2.06. The second-order valence-electron chi connectivity index (χ2n) is 4.93. The number of aryl methyl sites for hydroxylation is 1. The van der Waals surface area contributed by atoms with E-state index in [1.165, 1.54) is 0 Å². The summed E-state index contributed by atoms with van der Waals surface area (Å²) in [5.41, 5.74) is 1.00. The molecule has 0 aliphatic carbocycles. The van der Waals surface area contributed by atoms with E-state index in [-0.39, 0.29) is 0 Å². The smallest absolute Gasteiger partial charge is 0.237 e. The standard InChI is InChI=1S/C15H18N6OS/c1-3-5-12-17-13(22-20-12)10-23-15-19-18-14(21(15)4-2)11-6-8-16-9-7-11/h6-9H,3-5,10H2,1-2H3. The Balaban J connectivity index is 1.74. The highest BCUT2D eigenvalue weighted by Crippen LogP contribution is 2.25. The SMILES string of the molecule is CCCc1noc(CSc2nnc(-c3ccncc3)n2CC)n1. The first-order valence-electron chi connectivity index (χ1n) is 7.59. The van der Waals surface area contributed by atoms with Crippen LogP contribution >= 0.6 is 11.8 Å². The predicted octanol–water partition coefficient (Wildman–Crippen LogP) is 2.99. The van der Waals surface area contributed by atoms with Gasteiger partial charge in [-0.15, -0.1) is 10.2 Å². The monoisotopic (exact) mass is 330 g/mol. The minimum Gasteiger partial charge on any atom is -0.338 e. The van der Waals surface area contributed by atoms with E-state index in [9.17, 15) is 0 Å². The van der Waals surface area contributed by atoms with Crippen molar-refractivity contribution in [3.63, 3.8) is 0 Å². The van der Waals surface area contributed by atoms with Crippen LogP contribution in [0.25, 0.3) is 11.4 Å². The average molecular weight is 330 g/mol. The van der Waals surface area contributed by atoms with E-state index in [1.54, 1.807) is 24.2 Å². The van der Waals surface area contributed by atoms with Gasteiger partial charge in [-0.1, -0.05) is 23.8 Å². The Morgan fingerprint density at radius 3 is 2.74 bits per heavy atom. The van der Waals surface area contributed by atoms with Crippen molar-refractivity contribution in [2.75, 3.05) is 0 Å². The molecule has 8 heteroatoms. The van der Waals surface area contributed by atoms with Crippen LogP contribution in [0.1, 0.15) is 32.0 Å². The minimum absolute atomic E-state index is 0.588. The number of rotatable bonds is 7. The number of pyridine rings is 1. The number of nitrogens with zero attached hydrogens (tertiary/aromatic N) is 6. The fraction of sp³-hybridized carbons (Fsp3) is 0.400. The highest BCUT2D eigenvalue weighted by atomic mass is 32.2. The lowest BCUT2D eigenvalue weighted by atomic mass is 10.2. The van der Waals surface area contributed by atoms with E-state index in [0.717, 1.165) is 41.8 Å². The van der Waals surface area contributed by atoms with Crippen molar-refractivity contribution in [3.8, 4) is 11.4 Å². The molecule has 3 aromatic heterocycles. The number of hydrogen-bond donors (Lipinski definition) is 0. The van der Waals surface area contributed by atoms with Crippen LogP contribution in [0.3, 0.4) is 0 Å². The van der Waals surface area contributed by atoms with Gasteiger partial charge in [0.1, 0.15) is 0 Å². The summed E-state index contributed by atoms with van der Waals surface area (Å²) >= 11 is 1.55. The maximum absolute atomic E-state index is 5.26. The van der Waals surface area contributed by atoms with Crippen molar-refractivity contribution >= 4 is 11.8 Å². The molecule has 0 aliphatic rings. The summed E-state index contributed by atoms with van der Waals surface area (Å²) < 4.78 is 7.33. The van der Waals surface area contributed by atoms with Gasteiger partial charge in [-0.2, -0.15) is 4.98 Å². The molecule has 0 atom stereocenters. The quantitative estimate of drug-likeness (QED) is 0.616. The van der Waals surface area contributed by atoms with Crippen LogP contribution in [0.4, 0.5) is 0 Å². The van der Waals surface area contributed by atoms with Crippen molar-refractivity contribution in [3.05, 3.63) is 36.2 Å². The summed E-state index contributed by atoms with van der Waals surface area (Å²) in [5, 5.41) is 13.4.